The average Bonchev–Trinajstić information content (AvgIpc) is 2.57. The maximum absolute atomic E-state index is 9.25. The summed E-state index contributed by atoms with van der Waals surface area (Å²) in [6.07, 6.45) is 2.50. The summed E-state index contributed by atoms with van der Waals surface area (Å²) in [5.41, 5.74) is 0. The van der Waals surface area contributed by atoms with Gasteiger partial charge in [-0.25, -0.2) is 14.4 Å². The van der Waals surface area contributed by atoms with E-state index in [9.17, 15) is 14.4 Å². The fourth-order valence-corrected chi connectivity index (χ4v) is 0.567. The van der Waals surface area contributed by atoms with E-state index in [2.05, 4.69) is 19.7 Å². The average molecular weight is 350 g/mol. The molecule has 9 nitrogen and oxygen atoms in total. The van der Waals surface area contributed by atoms with Gasteiger partial charge in [0, 0.05) is 44.0 Å². The van der Waals surface area contributed by atoms with Crippen molar-refractivity contribution >= 4 is 17.9 Å². The summed E-state index contributed by atoms with van der Waals surface area (Å²) < 4.78 is 0. The number of aliphatic hydroxyl groups is 3. The van der Waals surface area contributed by atoms with Gasteiger partial charge in [0.25, 0.3) is 0 Å². The van der Waals surface area contributed by atoms with Gasteiger partial charge < -0.3 is 30.6 Å². The monoisotopic (exact) mass is 350 g/mol. The van der Waals surface area contributed by atoms with Crippen molar-refractivity contribution in [1.82, 2.24) is 0 Å². The quantitative estimate of drug-likeness (QED) is 0.345. The Labute approximate surface area is 140 Å². The molecule has 0 radical (unpaired) electrons. The molecule has 0 spiro atoms. The summed E-state index contributed by atoms with van der Waals surface area (Å²) in [5, 5.41) is 48.5. The van der Waals surface area contributed by atoms with Gasteiger partial charge in [-0.05, 0) is 5.92 Å². The van der Waals surface area contributed by atoms with E-state index < -0.39 is 17.9 Å². The van der Waals surface area contributed by atoms with Crippen molar-refractivity contribution in [2.24, 2.45) is 11.8 Å². The molecular weight excluding hydrogens is 324 g/mol. The van der Waals surface area contributed by atoms with Gasteiger partial charge >= 0.3 is 17.9 Å². The highest BCUT2D eigenvalue weighted by Crippen LogP contribution is 2.07. The Bertz CT molecular complexity index is 330. The standard InChI is InChI=1S/C6H14O3.3C3H4O2/c1-5(2-7)6(3-8)4-9;3*1-2-3(4)5/h5-9H,2-4H2,1H3;3*2H,1H2,(H,4,5). The third-order valence-electron chi connectivity index (χ3n) is 2.09. The molecular formula is C15H26O9. The van der Waals surface area contributed by atoms with Crippen molar-refractivity contribution in [3.05, 3.63) is 38.0 Å². The smallest absolute Gasteiger partial charge is 0.327 e. The Balaban J connectivity index is -0.000000116. The van der Waals surface area contributed by atoms with Crippen LogP contribution in [-0.2, 0) is 14.4 Å². The van der Waals surface area contributed by atoms with Gasteiger partial charge in [0.1, 0.15) is 0 Å². The van der Waals surface area contributed by atoms with Gasteiger partial charge in [0.05, 0.1) is 0 Å². The van der Waals surface area contributed by atoms with Gasteiger partial charge in [0.2, 0.25) is 0 Å². The number of rotatable bonds is 7. The van der Waals surface area contributed by atoms with Crippen molar-refractivity contribution in [2.45, 2.75) is 6.92 Å². The predicted octanol–water partition coefficient (Wildman–Crippen LogP) is -0.0134. The molecule has 0 fully saturated rings. The van der Waals surface area contributed by atoms with E-state index in [1.165, 1.54) is 0 Å². The summed E-state index contributed by atoms with van der Waals surface area (Å²) in [5.74, 6) is -3.13. The lowest BCUT2D eigenvalue weighted by Crippen LogP contribution is -2.22. The molecule has 1 unspecified atom stereocenters. The molecule has 1 atom stereocenters. The summed E-state index contributed by atoms with van der Waals surface area (Å²) in [4.78, 5) is 27.8. The van der Waals surface area contributed by atoms with Crippen LogP contribution in [0.1, 0.15) is 6.92 Å². The van der Waals surface area contributed by atoms with Crippen LogP contribution >= 0.6 is 0 Å². The van der Waals surface area contributed by atoms with Crippen LogP contribution in [0, 0.1) is 11.8 Å². The lowest BCUT2D eigenvalue weighted by molar-refractivity contribution is -0.132. The van der Waals surface area contributed by atoms with Crippen LogP contribution in [0.3, 0.4) is 0 Å². The Hall–Kier alpha value is -2.49. The van der Waals surface area contributed by atoms with Crippen LogP contribution < -0.4 is 0 Å². The van der Waals surface area contributed by atoms with E-state index in [1.807, 2.05) is 0 Å². The first-order valence-electron chi connectivity index (χ1n) is 6.46. The van der Waals surface area contributed by atoms with Crippen molar-refractivity contribution in [3.8, 4) is 0 Å². The molecule has 9 heteroatoms. The Morgan fingerprint density at radius 1 is 0.750 bits per heavy atom. The maximum Gasteiger partial charge on any atom is 0.327 e. The van der Waals surface area contributed by atoms with Crippen LogP contribution in [0.4, 0.5) is 0 Å². The minimum atomic E-state index is -0.981. The van der Waals surface area contributed by atoms with Gasteiger partial charge in [-0.3, -0.25) is 0 Å². The highest BCUT2D eigenvalue weighted by Gasteiger charge is 2.13. The number of carboxylic acid groups (broad SMARTS) is 3. The van der Waals surface area contributed by atoms with E-state index in [0.717, 1.165) is 18.2 Å². The second-order valence-electron chi connectivity index (χ2n) is 3.91. The first kappa shape index (κ1) is 29.5. The summed E-state index contributed by atoms with van der Waals surface area (Å²) >= 11 is 0. The zero-order valence-electron chi connectivity index (χ0n) is 13.5. The molecule has 0 aliphatic rings. The number of aliphatic carboxylic acids is 3. The zero-order valence-corrected chi connectivity index (χ0v) is 13.5. The fourth-order valence-electron chi connectivity index (χ4n) is 0.567. The fraction of sp³-hybridized carbons (Fsp3) is 0.400. The topological polar surface area (TPSA) is 173 Å². The van der Waals surface area contributed by atoms with E-state index in [-0.39, 0.29) is 31.7 Å². The van der Waals surface area contributed by atoms with E-state index in [1.54, 1.807) is 6.92 Å². The van der Waals surface area contributed by atoms with Crippen LogP contribution in [0.25, 0.3) is 0 Å². The van der Waals surface area contributed by atoms with E-state index in [4.69, 9.17) is 30.6 Å². The summed E-state index contributed by atoms with van der Waals surface area (Å²) in [7, 11) is 0. The molecule has 0 aliphatic heterocycles. The third-order valence-corrected chi connectivity index (χ3v) is 2.09. The van der Waals surface area contributed by atoms with E-state index in [0.29, 0.717) is 0 Å². The lowest BCUT2D eigenvalue weighted by atomic mass is 9.97. The normalized spacial score (nSPS) is 9.38. The van der Waals surface area contributed by atoms with Crippen molar-refractivity contribution in [2.75, 3.05) is 19.8 Å². The number of carboxylic acids is 3. The largest absolute Gasteiger partial charge is 0.478 e. The SMILES string of the molecule is C=CC(=O)O.C=CC(=O)O.C=CC(=O)O.CC(CO)C(CO)CO. The molecule has 0 heterocycles. The molecule has 24 heavy (non-hydrogen) atoms. The first-order chi connectivity index (χ1) is 11.1. The maximum atomic E-state index is 9.25. The molecule has 0 rings (SSSR count). The van der Waals surface area contributed by atoms with Crippen molar-refractivity contribution < 1.29 is 45.0 Å². The van der Waals surface area contributed by atoms with Gasteiger partial charge in [-0.1, -0.05) is 26.7 Å². The molecule has 0 saturated carbocycles. The number of carbonyl (C=O) groups is 3. The van der Waals surface area contributed by atoms with Crippen LogP contribution in [0.5, 0.6) is 0 Å². The van der Waals surface area contributed by atoms with Gasteiger partial charge in [0.15, 0.2) is 0 Å². The molecule has 6 N–H and O–H groups in total. The minimum Gasteiger partial charge on any atom is -0.478 e. The second kappa shape index (κ2) is 22.8. The minimum absolute atomic E-state index is 0.0139. The highest BCUT2D eigenvalue weighted by atomic mass is 16.4. The lowest BCUT2D eigenvalue weighted by Gasteiger charge is -2.16. The molecule has 0 aromatic carbocycles. The summed E-state index contributed by atoms with van der Waals surface area (Å²) in [6, 6.07) is 0. The third kappa shape index (κ3) is 36.6. The second-order valence-corrected chi connectivity index (χ2v) is 3.91. The van der Waals surface area contributed by atoms with Crippen LogP contribution in [0.15, 0.2) is 38.0 Å². The number of hydrogen-bond donors (Lipinski definition) is 6. The molecule has 0 aromatic heterocycles. The molecule has 0 saturated heterocycles. The predicted molar refractivity (Wildman–Crippen MR) is 87.4 cm³/mol. The van der Waals surface area contributed by atoms with Gasteiger partial charge in [-0.15, -0.1) is 0 Å². The number of aliphatic hydroxyl groups excluding tert-OH is 3. The van der Waals surface area contributed by atoms with E-state index >= 15 is 0 Å². The van der Waals surface area contributed by atoms with Crippen LogP contribution in [0.2, 0.25) is 0 Å². The molecule has 0 aliphatic carbocycles. The first-order valence-corrected chi connectivity index (χ1v) is 6.46. The Kier molecular flexibility index (Phi) is 28.0. The van der Waals surface area contributed by atoms with Gasteiger partial charge in [-0.2, -0.15) is 0 Å². The molecule has 0 aromatic rings. The Morgan fingerprint density at radius 2 is 0.958 bits per heavy atom. The van der Waals surface area contributed by atoms with Crippen LogP contribution in [-0.4, -0.2) is 68.4 Å². The molecule has 0 bridgehead atoms. The summed E-state index contributed by atoms with van der Waals surface area (Å²) in [6.45, 7) is 10.6. The zero-order chi connectivity index (χ0) is 20.1. The number of hydrogen-bond acceptors (Lipinski definition) is 6. The molecule has 140 valence electrons. The molecule has 0 amide bonds. The Morgan fingerprint density at radius 3 is 1.00 bits per heavy atom. The van der Waals surface area contributed by atoms with Crippen molar-refractivity contribution in [3.63, 3.8) is 0 Å². The highest BCUT2D eigenvalue weighted by molar-refractivity contribution is 5.79. The van der Waals surface area contributed by atoms with Crippen molar-refractivity contribution in [1.29, 1.82) is 0 Å².